The summed E-state index contributed by atoms with van der Waals surface area (Å²) in [5.74, 6) is -4.46. The number of rotatable bonds is 5. The normalized spacial score (nSPS) is 18.8. The van der Waals surface area contributed by atoms with Crippen LogP contribution in [0, 0.1) is 11.6 Å². The van der Waals surface area contributed by atoms with Crippen LogP contribution in [0.15, 0.2) is 47.5 Å². The van der Waals surface area contributed by atoms with Crippen LogP contribution < -0.4 is 15.6 Å². The van der Waals surface area contributed by atoms with Gasteiger partial charge < -0.3 is 15.3 Å². The zero-order valence-corrected chi connectivity index (χ0v) is 21.1. The lowest BCUT2D eigenvalue weighted by atomic mass is 10.1. The maximum Gasteiger partial charge on any atom is 0.409 e. The van der Waals surface area contributed by atoms with Gasteiger partial charge in [0.1, 0.15) is 28.9 Å². The predicted octanol–water partition coefficient (Wildman–Crippen LogP) is 4.69. The fraction of sp³-hybridized carbons (Fsp3) is 0.292. The number of aliphatic hydroxyl groups is 1. The van der Waals surface area contributed by atoms with E-state index in [1.807, 2.05) is 0 Å². The number of pyridine rings is 2. The van der Waals surface area contributed by atoms with E-state index in [2.05, 4.69) is 11.6 Å². The molecule has 4 rings (SSSR count). The molecule has 2 aromatic heterocycles. The average Bonchev–Trinajstić information content (AvgIpc) is 3.09. The lowest BCUT2D eigenvalue weighted by Crippen LogP contribution is -2.47. The topological polar surface area (TPSA) is 87.5 Å². The molecule has 38 heavy (non-hydrogen) atoms. The van der Waals surface area contributed by atoms with E-state index in [1.165, 1.54) is 12.1 Å². The summed E-state index contributed by atoms with van der Waals surface area (Å²) in [6.45, 7) is 5.58. The first-order valence-electron chi connectivity index (χ1n) is 11.0. The largest absolute Gasteiger partial charge is 0.409 e. The van der Waals surface area contributed by atoms with Gasteiger partial charge in [-0.1, -0.05) is 18.2 Å². The van der Waals surface area contributed by atoms with E-state index < -0.39 is 62.9 Å². The van der Waals surface area contributed by atoms with E-state index in [-0.39, 0.29) is 29.8 Å². The quantitative estimate of drug-likeness (QED) is 0.340. The molecule has 0 bridgehead atoms. The van der Waals surface area contributed by atoms with Crippen LogP contribution in [0.1, 0.15) is 23.7 Å². The SMILES string of the molecule is C=C1C[C@](C)(O)CN1c1ccc2c(=O)c(C(=O)N[C@@H](CCl)C(F)(F)F)cn(-c3c(F)cc(F)cc3Cl)c2n1. The molecule has 0 unspecified atom stereocenters. The number of fused-ring (bicyclic) bond motifs is 1. The summed E-state index contributed by atoms with van der Waals surface area (Å²) in [7, 11) is 0. The Balaban J connectivity index is 1.96. The molecule has 3 heterocycles. The maximum absolute atomic E-state index is 15.0. The number of hydrogen-bond acceptors (Lipinski definition) is 5. The van der Waals surface area contributed by atoms with E-state index in [0.717, 1.165) is 16.8 Å². The van der Waals surface area contributed by atoms with Crippen LogP contribution in [0.5, 0.6) is 0 Å². The molecule has 1 amide bonds. The Kier molecular flexibility index (Phi) is 7.19. The van der Waals surface area contributed by atoms with Crippen molar-refractivity contribution in [3.63, 3.8) is 0 Å². The minimum atomic E-state index is -4.91. The molecule has 2 atom stereocenters. The molecule has 0 saturated carbocycles. The number of nitrogens with zero attached hydrogens (tertiary/aromatic N) is 3. The van der Waals surface area contributed by atoms with Crippen LogP contribution in [-0.2, 0) is 0 Å². The zero-order valence-electron chi connectivity index (χ0n) is 19.5. The monoisotopic (exact) mass is 576 g/mol. The minimum Gasteiger partial charge on any atom is -0.388 e. The lowest BCUT2D eigenvalue weighted by molar-refractivity contribution is -0.148. The smallest absolute Gasteiger partial charge is 0.388 e. The summed E-state index contributed by atoms with van der Waals surface area (Å²) in [6, 6.07) is 1.43. The van der Waals surface area contributed by atoms with Crippen LogP contribution in [0.4, 0.5) is 27.8 Å². The van der Waals surface area contributed by atoms with Crippen molar-refractivity contribution in [2.24, 2.45) is 0 Å². The number of β-amino-alcohol motifs (C(OH)–C–C–N with tert-alkyl or cyclic N) is 1. The van der Waals surface area contributed by atoms with Gasteiger partial charge in [0.05, 0.1) is 28.4 Å². The molecular weight excluding hydrogens is 558 g/mol. The molecule has 1 aromatic carbocycles. The van der Waals surface area contributed by atoms with E-state index in [4.69, 9.17) is 23.2 Å². The Bertz CT molecular complexity index is 1500. The van der Waals surface area contributed by atoms with E-state index in [1.54, 1.807) is 17.1 Å². The molecule has 1 aliphatic rings. The Labute approximate surface area is 222 Å². The standard InChI is InChI=1S/C24H19Cl2F5N4O3/c1-11-7-23(2,38)10-35(11)18-4-3-13-20(36)14(22(37)32-17(8-25)24(29,30)31)9-34(21(13)33-18)19-15(26)5-12(27)6-16(19)28/h3-6,9,17,38H,1,7-8,10H2,2H3,(H,32,37)/t17-,23-/m0/s1. The number of carbonyl (C=O) groups excluding carboxylic acids is 1. The van der Waals surface area contributed by atoms with Crippen LogP contribution >= 0.6 is 23.2 Å². The van der Waals surface area contributed by atoms with Crippen LogP contribution in [-0.4, -0.2) is 50.8 Å². The van der Waals surface area contributed by atoms with Crippen molar-refractivity contribution in [1.29, 1.82) is 0 Å². The van der Waals surface area contributed by atoms with Gasteiger partial charge in [-0.05, 0) is 25.1 Å². The minimum absolute atomic E-state index is 0.0952. The van der Waals surface area contributed by atoms with Gasteiger partial charge in [0.25, 0.3) is 5.91 Å². The Morgan fingerprint density at radius 2 is 2.00 bits per heavy atom. The first kappa shape index (κ1) is 27.8. The molecule has 14 heteroatoms. The van der Waals surface area contributed by atoms with Gasteiger partial charge in [0.2, 0.25) is 5.43 Å². The second-order valence-corrected chi connectivity index (χ2v) is 9.76. The van der Waals surface area contributed by atoms with Gasteiger partial charge in [-0.25, -0.2) is 13.8 Å². The fourth-order valence-electron chi connectivity index (χ4n) is 4.17. The molecule has 0 spiro atoms. The molecule has 202 valence electrons. The number of halogens is 7. The van der Waals surface area contributed by atoms with E-state index >= 15 is 0 Å². The van der Waals surface area contributed by atoms with Crippen molar-refractivity contribution in [3.8, 4) is 5.69 Å². The predicted molar refractivity (Wildman–Crippen MR) is 132 cm³/mol. The van der Waals surface area contributed by atoms with Crippen LogP contribution in [0.25, 0.3) is 16.7 Å². The molecular formula is C24H19Cl2F5N4O3. The van der Waals surface area contributed by atoms with Crippen molar-refractivity contribution in [3.05, 3.63) is 75.2 Å². The van der Waals surface area contributed by atoms with Crippen molar-refractivity contribution < 1.29 is 31.9 Å². The first-order valence-corrected chi connectivity index (χ1v) is 11.9. The first-order chi connectivity index (χ1) is 17.6. The van der Waals surface area contributed by atoms with Gasteiger partial charge in [0, 0.05) is 24.4 Å². The van der Waals surface area contributed by atoms with Crippen LogP contribution in [0.2, 0.25) is 5.02 Å². The van der Waals surface area contributed by atoms with Gasteiger partial charge in [-0.15, -0.1) is 11.6 Å². The number of carbonyl (C=O) groups is 1. The number of aromatic nitrogens is 2. The second kappa shape index (κ2) is 9.83. The Morgan fingerprint density at radius 3 is 2.55 bits per heavy atom. The number of anilines is 1. The highest BCUT2D eigenvalue weighted by atomic mass is 35.5. The fourth-order valence-corrected chi connectivity index (χ4v) is 4.71. The molecule has 1 saturated heterocycles. The van der Waals surface area contributed by atoms with Crippen molar-refractivity contribution in [2.45, 2.75) is 31.2 Å². The summed E-state index contributed by atoms with van der Waals surface area (Å²) in [6.07, 6.45) is -3.91. The van der Waals surface area contributed by atoms with Crippen molar-refractivity contribution in [1.82, 2.24) is 14.9 Å². The molecule has 7 nitrogen and oxygen atoms in total. The van der Waals surface area contributed by atoms with Crippen molar-refractivity contribution in [2.75, 3.05) is 17.3 Å². The average molecular weight is 577 g/mol. The van der Waals surface area contributed by atoms with E-state index in [9.17, 15) is 36.6 Å². The van der Waals surface area contributed by atoms with Gasteiger partial charge in [0.15, 0.2) is 11.5 Å². The molecule has 3 aromatic rings. The number of amides is 1. The van der Waals surface area contributed by atoms with Gasteiger partial charge in [-0.2, -0.15) is 13.2 Å². The molecule has 2 N–H and O–H groups in total. The van der Waals surface area contributed by atoms with Gasteiger partial charge in [-0.3, -0.25) is 14.2 Å². The third kappa shape index (κ3) is 5.20. The third-order valence-corrected chi connectivity index (χ3v) is 6.50. The van der Waals surface area contributed by atoms with Gasteiger partial charge >= 0.3 is 6.18 Å². The summed E-state index contributed by atoms with van der Waals surface area (Å²) in [5, 5.41) is 11.3. The summed E-state index contributed by atoms with van der Waals surface area (Å²) in [4.78, 5) is 32.0. The lowest BCUT2D eigenvalue weighted by Gasteiger charge is -2.22. The number of benzene rings is 1. The van der Waals surface area contributed by atoms with Crippen molar-refractivity contribution >= 4 is 46.0 Å². The summed E-state index contributed by atoms with van der Waals surface area (Å²) >= 11 is 11.5. The maximum atomic E-state index is 15.0. The highest BCUT2D eigenvalue weighted by Crippen LogP contribution is 2.34. The zero-order chi connectivity index (χ0) is 28.2. The highest BCUT2D eigenvalue weighted by molar-refractivity contribution is 6.32. The number of alkyl halides is 4. The molecule has 1 aliphatic heterocycles. The Hall–Kier alpha value is -3.22. The number of hydrogen-bond donors (Lipinski definition) is 2. The highest BCUT2D eigenvalue weighted by Gasteiger charge is 2.41. The van der Waals surface area contributed by atoms with E-state index in [0.29, 0.717) is 11.8 Å². The number of nitrogens with one attached hydrogen (secondary N) is 1. The third-order valence-electron chi connectivity index (χ3n) is 5.90. The summed E-state index contributed by atoms with van der Waals surface area (Å²) in [5.41, 5.74) is -3.17. The molecule has 0 aliphatic carbocycles. The molecule has 1 fully saturated rings. The molecule has 0 radical (unpaired) electrons. The second-order valence-electron chi connectivity index (χ2n) is 9.05. The summed E-state index contributed by atoms with van der Waals surface area (Å²) < 4.78 is 69.2. The Morgan fingerprint density at radius 1 is 1.32 bits per heavy atom. The van der Waals surface area contributed by atoms with Crippen LogP contribution in [0.3, 0.4) is 0 Å².